The van der Waals surface area contributed by atoms with Crippen LogP contribution < -0.4 is 5.43 Å². The fourth-order valence-electron chi connectivity index (χ4n) is 3.14. The van der Waals surface area contributed by atoms with Crippen LogP contribution in [0.5, 0.6) is 0 Å². The fraction of sp³-hybridized carbons (Fsp3) is 0.200. The average molecular weight is 317 g/mol. The monoisotopic (exact) mass is 317 g/mol. The summed E-state index contributed by atoms with van der Waals surface area (Å²) in [5, 5.41) is 2.16. The number of rotatable bonds is 1. The van der Waals surface area contributed by atoms with Crippen molar-refractivity contribution in [1.29, 1.82) is 0 Å². The number of fused-ring (bicyclic) bond motifs is 3. The van der Waals surface area contributed by atoms with Gasteiger partial charge in [-0.25, -0.2) is 4.98 Å². The standard InChI is InChI=1S/C20H19N3O/c1-20(2,3)13-6-9-22-19(10-13)23-17-11-14(24)4-5-15(17)16-7-8-21-12-18(16)23/h4-12,21H,1-3H3. The first-order valence-corrected chi connectivity index (χ1v) is 8.03. The molecule has 1 N–H and O–H groups in total. The summed E-state index contributed by atoms with van der Waals surface area (Å²) in [5.41, 5.74) is 3.14. The second-order valence-corrected chi connectivity index (χ2v) is 7.11. The maximum atomic E-state index is 11.9. The predicted octanol–water partition coefficient (Wildman–Crippen LogP) is 4.16. The van der Waals surface area contributed by atoms with Gasteiger partial charge < -0.3 is 4.98 Å². The van der Waals surface area contributed by atoms with E-state index in [1.165, 1.54) is 5.56 Å². The van der Waals surface area contributed by atoms with Gasteiger partial charge in [0.15, 0.2) is 5.43 Å². The van der Waals surface area contributed by atoms with Gasteiger partial charge in [-0.2, -0.15) is 0 Å². The third-order valence-corrected chi connectivity index (χ3v) is 4.42. The van der Waals surface area contributed by atoms with Crippen molar-refractivity contribution in [3.05, 3.63) is 70.8 Å². The van der Waals surface area contributed by atoms with Gasteiger partial charge in [0.2, 0.25) is 0 Å². The molecule has 0 spiro atoms. The third kappa shape index (κ3) is 2.22. The molecular formula is C20H19N3O. The molecule has 4 nitrogen and oxygen atoms in total. The van der Waals surface area contributed by atoms with Gasteiger partial charge in [0.05, 0.1) is 11.0 Å². The normalized spacial score (nSPS) is 12.1. The van der Waals surface area contributed by atoms with Crippen LogP contribution in [0.25, 0.3) is 27.6 Å². The van der Waals surface area contributed by atoms with Crippen LogP contribution in [0.4, 0.5) is 0 Å². The molecule has 120 valence electrons. The Balaban J connectivity index is 2.12. The first-order chi connectivity index (χ1) is 11.4. The Morgan fingerprint density at radius 3 is 2.58 bits per heavy atom. The minimum Gasteiger partial charge on any atom is -0.366 e. The van der Waals surface area contributed by atoms with Crippen LogP contribution in [-0.4, -0.2) is 14.5 Å². The SMILES string of the molecule is CC(C)(C)c1ccnc(-n2c3c[nH]ccc3c3ccc(=O)cc32)c1. The molecule has 0 aliphatic heterocycles. The van der Waals surface area contributed by atoms with Crippen LogP contribution >= 0.6 is 0 Å². The number of benzene rings is 1. The topological polar surface area (TPSA) is 50.7 Å². The van der Waals surface area contributed by atoms with Crippen molar-refractivity contribution < 1.29 is 0 Å². The zero-order valence-electron chi connectivity index (χ0n) is 14.0. The molecule has 0 aliphatic carbocycles. The number of pyridine rings is 2. The van der Waals surface area contributed by atoms with Gasteiger partial charge in [-0.15, -0.1) is 0 Å². The lowest BCUT2D eigenvalue weighted by Crippen LogP contribution is -2.12. The molecule has 3 heterocycles. The summed E-state index contributed by atoms with van der Waals surface area (Å²) in [4.78, 5) is 19.6. The molecule has 0 unspecified atom stereocenters. The Kier molecular flexibility index (Phi) is 3.10. The van der Waals surface area contributed by atoms with Gasteiger partial charge >= 0.3 is 0 Å². The highest BCUT2D eigenvalue weighted by atomic mass is 16.1. The van der Waals surface area contributed by atoms with Crippen LogP contribution in [0, 0.1) is 0 Å². The molecular weight excluding hydrogens is 298 g/mol. The van der Waals surface area contributed by atoms with Gasteiger partial charge in [-0.05, 0) is 41.3 Å². The average Bonchev–Trinajstić information content (AvgIpc) is 2.87. The number of hydrogen-bond donors (Lipinski definition) is 1. The Morgan fingerprint density at radius 1 is 1.00 bits per heavy atom. The lowest BCUT2D eigenvalue weighted by molar-refractivity contribution is 0.588. The lowest BCUT2D eigenvalue weighted by atomic mass is 9.88. The van der Waals surface area contributed by atoms with Crippen LogP contribution in [0.15, 0.2) is 59.8 Å². The van der Waals surface area contributed by atoms with E-state index < -0.39 is 0 Å². The molecule has 4 rings (SSSR count). The molecule has 0 saturated heterocycles. The molecule has 1 aromatic carbocycles. The maximum Gasteiger partial charge on any atom is 0.180 e. The molecule has 24 heavy (non-hydrogen) atoms. The highest BCUT2D eigenvalue weighted by Crippen LogP contribution is 2.31. The second kappa shape index (κ2) is 5.06. The zero-order chi connectivity index (χ0) is 16.9. The van der Waals surface area contributed by atoms with Gasteiger partial charge in [-0.3, -0.25) is 9.36 Å². The summed E-state index contributed by atoms with van der Waals surface area (Å²) < 4.78 is 2.05. The van der Waals surface area contributed by atoms with Gasteiger partial charge in [0, 0.05) is 35.4 Å². The number of nitrogens with zero attached hydrogens (tertiary/aromatic N) is 2. The molecule has 0 fully saturated rings. The molecule has 4 aromatic rings. The molecule has 0 amide bonds. The molecule has 0 bridgehead atoms. The minimum absolute atomic E-state index is 0.00233. The molecule has 4 heteroatoms. The molecule has 0 atom stereocenters. The molecule has 0 radical (unpaired) electrons. The summed E-state index contributed by atoms with van der Waals surface area (Å²) in [6.07, 6.45) is 5.68. The largest absolute Gasteiger partial charge is 0.366 e. The van der Waals surface area contributed by atoms with E-state index in [2.05, 4.69) is 41.4 Å². The number of hydrogen-bond acceptors (Lipinski definition) is 2. The van der Waals surface area contributed by atoms with Crippen molar-refractivity contribution in [3.63, 3.8) is 0 Å². The van der Waals surface area contributed by atoms with Crippen LogP contribution in [-0.2, 0) is 5.41 Å². The van der Waals surface area contributed by atoms with E-state index in [0.717, 1.165) is 27.6 Å². The molecule has 3 aromatic heterocycles. The van der Waals surface area contributed by atoms with E-state index in [9.17, 15) is 4.79 Å². The van der Waals surface area contributed by atoms with E-state index in [-0.39, 0.29) is 10.8 Å². The third-order valence-electron chi connectivity index (χ3n) is 4.42. The van der Waals surface area contributed by atoms with E-state index >= 15 is 0 Å². The van der Waals surface area contributed by atoms with E-state index in [0.29, 0.717) is 0 Å². The van der Waals surface area contributed by atoms with E-state index in [1.54, 1.807) is 12.1 Å². The summed E-state index contributed by atoms with van der Waals surface area (Å²) in [7, 11) is 0. The highest BCUT2D eigenvalue weighted by molar-refractivity contribution is 6.08. The van der Waals surface area contributed by atoms with Crippen molar-refractivity contribution in [2.45, 2.75) is 26.2 Å². The summed E-state index contributed by atoms with van der Waals surface area (Å²) in [6.45, 7) is 6.55. The summed E-state index contributed by atoms with van der Waals surface area (Å²) in [6, 6.07) is 11.4. The smallest absolute Gasteiger partial charge is 0.180 e. The van der Waals surface area contributed by atoms with Crippen molar-refractivity contribution in [3.8, 4) is 5.82 Å². The van der Waals surface area contributed by atoms with Crippen molar-refractivity contribution in [1.82, 2.24) is 14.5 Å². The second-order valence-electron chi connectivity index (χ2n) is 7.11. The number of aromatic nitrogens is 3. The number of nitrogens with one attached hydrogen (secondary N) is 1. The maximum absolute atomic E-state index is 11.9. The van der Waals surface area contributed by atoms with E-state index in [1.807, 2.05) is 36.8 Å². The minimum atomic E-state index is 0.00233. The Labute approximate surface area is 139 Å². The molecule has 0 aliphatic rings. The highest BCUT2D eigenvalue weighted by Gasteiger charge is 2.17. The van der Waals surface area contributed by atoms with Gasteiger partial charge in [-0.1, -0.05) is 20.8 Å². The van der Waals surface area contributed by atoms with Crippen molar-refractivity contribution in [2.75, 3.05) is 0 Å². The number of H-pyrrole nitrogens is 1. The predicted molar refractivity (Wildman–Crippen MR) is 97.9 cm³/mol. The van der Waals surface area contributed by atoms with E-state index in [4.69, 9.17) is 0 Å². The first-order valence-electron chi connectivity index (χ1n) is 8.03. The Bertz CT molecular complexity index is 1110. The fourth-order valence-corrected chi connectivity index (χ4v) is 3.14. The molecule has 0 saturated carbocycles. The first kappa shape index (κ1) is 14.7. The lowest BCUT2D eigenvalue weighted by Gasteiger charge is -2.19. The summed E-state index contributed by atoms with van der Waals surface area (Å²) >= 11 is 0. The Hall–Kier alpha value is -2.88. The zero-order valence-corrected chi connectivity index (χ0v) is 14.0. The summed E-state index contributed by atoms with van der Waals surface area (Å²) in [5.74, 6) is 0.827. The van der Waals surface area contributed by atoms with Crippen LogP contribution in [0.1, 0.15) is 26.3 Å². The van der Waals surface area contributed by atoms with Crippen molar-refractivity contribution in [2.24, 2.45) is 0 Å². The van der Waals surface area contributed by atoms with Crippen molar-refractivity contribution >= 4 is 21.8 Å². The van der Waals surface area contributed by atoms with Crippen LogP contribution in [0.2, 0.25) is 0 Å². The van der Waals surface area contributed by atoms with Gasteiger partial charge in [0.25, 0.3) is 0 Å². The number of aromatic amines is 1. The quantitative estimate of drug-likeness (QED) is 0.573. The van der Waals surface area contributed by atoms with Gasteiger partial charge in [0.1, 0.15) is 5.82 Å². The Morgan fingerprint density at radius 2 is 1.79 bits per heavy atom. The van der Waals surface area contributed by atoms with Crippen LogP contribution in [0.3, 0.4) is 0 Å².